The number of H-pyrrole nitrogens is 1. The molecule has 2 rings (SSSR count). The first-order chi connectivity index (χ1) is 8.11. The maximum absolute atomic E-state index is 13.1. The maximum Gasteiger partial charge on any atom is 0.250 e. The van der Waals surface area contributed by atoms with Crippen LogP contribution in [0.3, 0.4) is 0 Å². The van der Waals surface area contributed by atoms with Gasteiger partial charge in [0.05, 0.1) is 13.5 Å². The smallest absolute Gasteiger partial charge is 0.250 e. The van der Waals surface area contributed by atoms with Gasteiger partial charge in [-0.05, 0) is 23.8 Å². The van der Waals surface area contributed by atoms with Crippen molar-refractivity contribution in [3.05, 3.63) is 35.8 Å². The summed E-state index contributed by atoms with van der Waals surface area (Å²) < 4.78 is 13.1. The first-order valence-corrected chi connectivity index (χ1v) is 5.18. The number of likely N-dealkylation sites (N-methyl/N-ethyl adjacent to an activating group) is 1. The van der Waals surface area contributed by atoms with E-state index < -0.39 is 0 Å². The lowest BCUT2D eigenvalue weighted by Gasteiger charge is -2.12. The molecule has 4 nitrogen and oxygen atoms in total. The molecule has 0 aliphatic carbocycles. The number of hydrogen-bond donors (Lipinski definition) is 1. The number of hydrogen-bond acceptors (Lipinski definition) is 2. The summed E-state index contributed by atoms with van der Waals surface area (Å²) in [5.74, 6) is -0.497. The number of hydroxylamine groups is 2. The molecule has 1 aromatic heterocycles. The Bertz CT molecular complexity index is 550. The van der Waals surface area contributed by atoms with Gasteiger partial charge in [-0.25, -0.2) is 9.45 Å². The van der Waals surface area contributed by atoms with Crippen LogP contribution in [0.5, 0.6) is 0 Å². The van der Waals surface area contributed by atoms with E-state index in [9.17, 15) is 9.18 Å². The third-order valence-electron chi connectivity index (χ3n) is 2.70. The molecule has 1 aromatic carbocycles. The quantitative estimate of drug-likeness (QED) is 0.827. The van der Waals surface area contributed by atoms with Crippen molar-refractivity contribution < 1.29 is 14.0 Å². The summed E-state index contributed by atoms with van der Waals surface area (Å²) in [6, 6.07) is 4.45. The average molecular weight is 236 g/mol. The van der Waals surface area contributed by atoms with Crippen LogP contribution in [-0.2, 0) is 16.1 Å². The van der Waals surface area contributed by atoms with E-state index in [2.05, 4.69) is 4.98 Å². The van der Waals surface area contributed by atoms with Crippen molar-refractivity contribution >= 4 is 16.8 Å². The molecule has 1 amide bonds. The van der Waals surface area contributed by atoms with Crippen molar-refractivity contribution in [3.8, 4) is 0 Å². The van der Waals surface area contributed by atoms with Crippen molar-refractivity contribution in [2.24, 2.45) is 0 Å². The van der Waals surface area contributed by atoms with Gasteiger partial charge in [-0.3, -0.25) is 9.63 Å². The normalized spacial score (nSPS) is 10.8. The second kappa shape index (κ2) is 4.55. The minimum atomic E-state index is -0.314. The van der Waals surface area contributed by atoms with Crippen LogP contribution in [0.1, 0.15) is 5.56 Å². The molecule has 0 radical (unpaired) electrons. The molecule has 2 aromatic rings. The largest absolute Gasteiger partial charge is 0.361 e. The van der Waals surface area contributed by atoms with E-state index in [0.717, 1.165) is 21.5 Å². The van der Waals surface area contributed by atoms with Crippen molar-refractivity contribution in [2.75, 3.05) is 14.2 Å². The number of amides is 1. The van der Waals surface area contributed by atoms with E-state index in [4.69, 9.17) is 4.84 Å². The molecule has 17 heavy (non-hydrogen) atoms. The minimum Gasteiger partial charge on any atom is -0.361 e. The summed E-state index contributed by atoms with van der Waals surface area (Å²) in [6.07, 6.45) is 1.89. The molecule has 90 valence electrons. The summed E-state index contributed by atoms with van der Waals surface area (Å²) in [6.45, 7) is 0. The molecule has 0 saturated carbocycles. The van der Waals surface area contributed by atoms with Crippen molar-refractivity contribution in [1.82, 2.24) is 10.0 Å². The highest BCUT2D eigenvalue weighted by Gasteiger charge is 2.12. The van der Waals surface area contributed by atoms with Crippen LogP contribution in [-0.4, -0.2) is 30.1 Å². The van der Waals surface area contributed by atoms with Crippen LogP contribution in [0.4, 0.5) is 4.39 Å². The van der Waals surface area contributed by atoms with Gasteiger partial charge in [0.2, 0.25) is 5.91 Å². The highest BCUT2D eigenvalue weighted by molar-refractivity contribution is 5.88. The fourth-order valence-electron chi connectivity index (χ4n) is 1.67. The lowest BCUT2D eigenvalue weighted by atomic mass is 10.1. The summed E-state index contributed by atoms with van der Waals surface area (Å²) >= 11 is 0. The standard InChI is InChI=1S/C12H13FN2O2/c1-15(17-2)12(16)5-8-7-14-11-4-3-9(13)6-10(8)11/h3-4,6-7,14H,5H2,1-2H3. The molecule has 0 bridgehead atoms. The Labute approximate surface area is 97.9 Å². The van der Waals surface area contributed by atoms with Crippen LogP contribution in [0.2, 0.25) is 0 Å². The van der Waals surface area contributed by atoms with Gasteiger partial charge in [0.1, 0.15) is 5.82 Å². The van der Waals surface area contributed by atoms with Gasteiger partial charge in [-0.1, -0.05) is 0 Å². The number of aromatic nitrogens is 1. The molecule has 0 aliphatic rings. The zero-order chi connectivity index (χ0) is 12.4. The first kappa shape index (κ1) is 11.6. The number of aromatic amines is 1. The van der Waals surface area contributed by atoms with E-state index in [-0.39, 0.29) is 18.1 Å². The van der Waals surface area contributed by atoms with Gasteiger partial charge in [-0.15, -0.1) is 0 Å². The van der Waals surface area contributed by atoms with Gasteiger partial charge in [-0.2, -0.15) is 0 Å². The second-order valence-corrected chi connectivity index (χ2v) is 3.75. The van der Waals surface area contributed by atoms with Crippen molar-refractivity contribution in [1.29, 1.82) is 0 Å². The number of rotatable bonds is 3. The highest BCUT2D eigenvalue weighted by atomic mass is 19.1. The number of benzene rings is 1. The van der Waals surface area contributed by atoms with Gasteiger partial charge in [0.15, 0.2) is 0 Å². The number of fused-ring (bicyclic) bond motifs is 1. The Morgan fingerprint density at radius 1 is 1.53 bits per heavy atom. The number of carbonyl (C=O) groups is 1. The Morgan fingerprint density at radius 3 is 3.00 bits per heavy atom. The molecule has 0 aliphatic heterocycles. The number of halogens is 1. The van der Waals surface area contributed by atoms with Gasteiger partial charge in [0.25, 0.3) is 0 Å². The van der Waals surface area contributed by atoms with Gasteiger partial charge in [0, 0.05) is 24.1 Å². The fraction of sp³-hybridized carbons (Fsp3) is 0.250. The molecule has 0 fully saturated rings. The Balaban J connectivity index is 2.30. The van der Waals surface area contributed by atoms with E-state index in [0.29, 0.717) is 0 Å². The van der Waals surface area contributed by atoms with Crippen molar-refractivity contribution in [2.45, 2.75) is 6.42 Å². The first-order valence-electron chi connectivity index (χ1n) is 5.18. The molecule has 0 spiro atoms. The molecule has 1 N–H and O–H groups in total. The monoisotopic (exact) mass is 236 g/mol. The Morgan fingerprint density at radius 2 is 2.29 bits per heavy atom. The Hall–Kier alpha value is -1.88. The molecular weight excluding hydrogens is 223 g/mol. The van der Waals surface area contributed by atoms with E-state index in [1.54, 1.807) is 12.3 Å². The molecule has 0 unspecified atom stereocenters. The lowest BCUT2D eigenvalue weighted by molar-refractivity contribution is -0.167. The Kier molecular flexibility index (Phi) is 3.10. The third kappa shape index (κ3) is 2.29. The summed E-state index contributed by atoms with van der Waals surface area (Å²) in [4.78, 5) is 19.5. The molecule has 0 atom stereocenters. The van der Waals surface area contributed by atoms with Gasteiger partial charge >= 0.3 is 0 Å². The molecular formula is C12H13FN2O2. The van der Waals surface area contributed by atoms with Crippen LogP contribution in [0.15, 0.2) is 24.4 Å². The zero-order valence-electron chi connectivity index (χ0n) is 9.66. The number of nitrogens with zero attached hydrogens (tertiary/aromatic N) is 1. The van der Waals surface area contributed by atoms with Crippen LogP contribution in [0, 0.1) is 5.82 Å². The second-order valence-electron chi connectivity index (χ2n) is 3.75. The predicted molar refractivity (Wildman–Crippen MR) is 61.7 cm³/mol. The molecule has 1 heterocycles. The average Bonchev–Trinajstić information content (AvgIpc) is 2.71. The number of carbonyl (C=O) groups excluding carboxylic acids is 1. The topological polar surface area (TPSA) is 45.3 Å². The summed E-state index contributed by atoms with van der Waals surface area (Å²) in [5.41, 5.74) is 1.57. The predicted octanol–water partition coefficient (Wildman–Crippen LogP) is 1.87. The number of nitrogens with one attached hydrogen (secondary N) is 1. The minimum absolute atomic E-state index is 0.174. The van der Waals surface area contributed by atoms with E-state index >= 15 is 0 Å². The van der Waals surface area contributed by atoms with Gasteiger partial charge < -0.3 is 4.98 Å². The zero-order valence-corrected chi connectivity index (χ0v) is 9.66. The molecule has 5 heteroatoms. The van der Waals surface area contributed by atoms with E-state index in [1.807, 2.05) is 0 Å². The highest BCUT2D eigenvalue weighted by Crippen LogP contribution is 2.20. The van der Waals surface area contributed by atoms with Crippen LogP contribution < -0.4 is 0 Å². The van der Waals surface area contributed by atoms with Crippen molar-refractivity contribution in [3.63, 3.8) is 0 Å². The van der Waals surface area contributed by atoms with Crippen LogP contribution >= 0.6 is 0 Å². The van der Waals surface area contributed by atoms with Crippen LogP contribution in [0.25, 0.3) is 10.9 Å². The lowest BCUT2D eigenvalue weighted by Crippen LogP contribution is -2.26. The SMILES string of the molecule is CON(C)C(=O)Cc1c[nH]c2ccc(F)cc12. The fourth-order valence-corrected chi connectivity index (χ4v) is 1.67. The van der Waals surface area contributed by atoms with E-state index in [1.165, 1.54) is 26.3 Å². The summed E-state index contributed by atoms with van der Waals surface area (Å²) in [7, 11) is 2.96. The maximum atomic E-state index is 13.1. The third-order valence-corrected chi connectivity index (χ3v) is 2.70. The molecule has 0 saturated heterocycles. The summed E-state index contributed by atoms with van der Waals surface area (Å²) in [5, 5.41) is 1.88.